The summed E-state index contributed by atoms with van der Waals surface area (Å²) in [5.74, 6) is -0.303. The lowest BCUT2D eigenvalue weighted by atomic mass is 10.1. The van der Waals surface area contributed by atoms with Gasteiger partial charge in [-0.3, -0.25) is 19.6 Å². The highest BCUT2D eigenvalue weighted by atomic mass is 35.5. The van der Waals surface area contributed by atoms with Gasteiger partial charge in [-0.25, -0.2) is 0 Å². The van der Waals surface area contributed by atoms with Crippen molar-refractivity contribution in [3.05, 3.63) is 84.5 Å². The van der Waals surface area contributed by atoms with Crippen LogP contribution in [0.4, 0.5) is 11.5 Å². The van der Waals surface area contributed by atoms with Crippen molar-refractivity contribution in [3.63, 3.8) is 0 Å². The van der Waals surface area contributed by atoms with Crippen LogP contribution in [0.15, 0.2) is 42.6 Å². The summed E-state index contributed by atoms with van der Waals surface area (Å²) < 4.78 is 1.54. The van der Waals surface area contributed by atoms with Crippen LogP contribution < -0.4 is 5.32 Å². The first-order valence-corrected chi connectivity index (χ1v) is 9.11. The largest absolute Gasteiger partial charge is 0.304 e. The van der Waals surface area contributed by atoms with Gasteiger partial charge in [0.05, 0.1) is 11.5 Å². The van der Waals surface area contributed by atoms with E-state index < -0.39 is 10.8 Å². The molecule has 0 aliphatic heterocycles. The molecular formula is C18H13Cl3N4O3. The lowest BCUT2D eigenvalue weighted by Crippen LogP contribution is -2.13. The molecule has 3 rings (SSSR count). The van der Waals surface area contributed by atoms with E-state index in [0.29, 0.717) is 22.2 Å². The minimum absolute atomic E-state index is 0.0568. The molecule has 1 amide bonds. The molecule has 0 saturated heterocycles. The predicted octanol–water partition coefficient (Wildman–Crippen LogP) is 5.36. The fourth-order valence-electron chi connectivity index (χ4n) is 2.57. The van der Waals surface area contributed by atoms with Gasteiger partial charge in [-0.05, 0) is 36.8 Å². The maximum atomic E-state index is 12.4. The smallest absolute Gasteiger partial charge is 0.272 e. The highest BCUT2D eigenvalue weighted by molar-refractivity contribution is 6.35. The van der Waals surface area contributed by atoms with Gasteiger partial charge in [0, 0.05) is 33.4 Å². The van der Waals surface area contributed by atoms with E-state index in [9.17, 15) is 14.9 Å². The maximum Gasteiger partial charge on any atom is 0.272 e. The van der Waals surface area contributed by atoms with Crippen molar-refractivity contribution in [2.24, 2.45) is 0 Å². The number of rotatable bonds is 5. The van der Waals surface area contributed by atoms with E-state index in [1.54, 1.807) is 31.3 Å². The van der Waals surface area contributed by atoms with Gasteiger partial charge in [0.15, 0.2) is 5.82 Å². The van der Waals surface area contributed by atoms with Gasteiger partial charge in [-0.2, -0.15) is 5.10 Å². The van der Waals surface area contributed by atoms with Crippen molar-refractivity contribution >= 4 is 52.2 Å². The molecule has 7 nitrogen and oxygen atoms in total. The molecule has 1 heterocycles. The van der Waals surface area contributed by atoms with Crippen LogP contribution >= 0.6 is 34.8 Å². The average Bonchev–Trinajstić information content (AvgIpc) is 2.96. The van der Waals surface area contributed by atoms with Crippen molar-refractivity contribution in [2.75, 3.05) is 5.32 Å². The van der Waals surface area contributed by atoms with Crippen molar-refractivity contribution in [1.82, 2.24) is 9.78 Å². The number of nitrogens with one attached hydrogen (secondary N) is 1. The van der Waals surface area contributed by atoms with Crippen LogP contribution in [0.2, 0.25) is 15.1 Å². The number of hydrogen-bond donors (Lipinski definition) is 1. The van der Waals surface area contributed by atoms with Gasteiger partial charge < -0.3 is 5.32 Å². The zero-order valence-corrected chi connectivity index (χ0v) is 16.7. The monoisotopic (exact) mass is 438 g/mol. The fourth-order valence-corrected chi connectivity index (χ4v) is 3.23. The average molecular weight is 440 g/mol. The van der Waals surface area contributed by atoms with E-state index in [4.69, 9.17) is 34.8 Å². The first kappa shape index (κ1) is 20.1. The van der Waals surface area contributed by atoms with E-state index in [1.165, 1.54) is 22.9 Å². The number of nitrogens with zero attached hydrogens (tertiary/aromatic N) is 3. The second kappa shape index (κ2) is 8.18. The summed E-state index contributed by atoms with van der Waals surface area (Å²) in [5.41, 5.74) is 1.37. The van der Waals surface area contributed by atoms with Crippen LogP contribution in [0.1, 0.15) is 21.5 Å². The second-order valence-electron chi connectivity index (χ2n) is 5.97. The number of aromatic nitrogens is 2. The first-order valence-electron chi connectivity index (χ1n) is 7.98. The standard InChI is InChI=1S/C18H13Cl3N4O3/c1-10-6-11(3-5-16(10)25(27)28)18(26)22-17-15(21)9-24(23-17)8-12-2-4-13(19)7-14(12)20/h2-7,9H,8H2,1H3,(H,22,23,26). The fraction of sp³-hybridized carbons (Fsp3) is 0.111. The summed E-state index contributed by atoms with van der Waals surface area (Å²) >= 11 is 18.2. The number of carbonyl (C=O) groups excluding carboxylic acids is 1. The molecule has 0 unspecified atom stereocenters. The maximum absolute atomic E-state index is 12.4. The Morgan fingerprint density at radius 2 is 1.93 bits per heavy atom. The number of nitro benzene ring substituents is 1. The van der Waals surface area contributed by atoms with Crippen LogP contribution in [-0.2, 0) is 6.54 Å². The Morgan fingerprint density at radius 3 is 2.57 bits per heavy atom. The van der Waals surface area contributed by atoms with Crippen molar-refractivity contribution in [1.29, 1.82) is 0 Å². The van der Waals surface area contributed by atoms with Gasteiger partial charge in [0.1, 0.15) is 5.02 Å². The molecule has 2 aromatic carbocycles. The lowest BCUT2D eigenvalue weighted by molar-refractivity contribution is -0.385. The SMILES string of the molecule is Cc1cc(C(=O)Nc2nn(Cc3ccc(Cl)cc3Cl)cc2Cl)ccc1[N+](=O)[O-]. The third kappa shape index (κ3) is 4.44. The molecule has 10 heteroatoms. The molecule has 0 atom stereocenters. The highest BCUT2D eigenvalue weighted by Gasteiger charge is 2.16. The summed E-state index contributed by atoms with van der Waals surface area (Å²) in [6.07, 6.45) is 1.56. The van der Waals surface area contributed by atoms with Crippen molar-refractivity contribution in [2.45, 2.75) is 13.5 Å². The molecule has 0 fully saturated rings. The second-order valence-corrected chi connectivity index (χ2v) is 7.22. The van der Waals surface area contributed by atoms with E-state index >= 15 is 0 Å². The number of carbonyl (C=O) groups is 1. The minimum atomic E-state index is -0.503. The third-order valence-electron chi connectivity index (χ3n) is 3.95. The molecule has 0 radical (unpaired) electrons. The van der Waals surface area contributed by atoms with Gasteiger partial charge >= 0.3 is 0 Å². The quantitative estimate of drug-likeness (QED) is 0.428. The number of nitro groups is 1. The topological polar surface area (TPSA) is 90.1 Å². The highest BCUT2D eigenvalue weighted by Crippen LogP contribution is 2.25. The molecule has 3 aromatic rings. The van der Waals surface area contributed by atoms with E-state index in [2.05, 4.69) is 10.4 Å². The van der Waals surface area contributed by atoms with Gasteiger partial charge in [-0.1, -0.05) is 40.9 Å². The Balaban J connectivity index is 1.77. The minimum Gasteiger partial charge on any atom is -0.304 e. The molecule has 0 bridgehead atoms. The molecule has 1 aromatic heterocycles. The summed E-state index contributed by atoms with van der Waals surface area (Å²) in [4.78, 5) is 22.8. The van der Waals surface area contributed by atoms with Crippen LogP contribution in [0.5, 0.6) is 0 Å². The summed E-state index contributed by atoms with van der Waals surface area (Å²) in [7, 11) is 0. The third-order valence-corrected chi connectivity index (χ3v) is 4.82. The Kier molecular flexibility index (Phi) is 5.88. The molecule has 0 spiro atoms. The van der Waals surface area contributed by atoms with Crippen LogP contribution in [0.25, 0.3) is 0 Å². The molecule has 0 aliphatic rings. The number of hydrogen-bond acceptors (Lipinski definition) is 4. The number of aryl methyl sites for hydroxylation is 1. The molecule has 0 aliphatic carbocycles. The molecule has 144 valence electrons. The molecule has 0 saturated carbocycles. The molecule has 28 heavy (non-hydrogen) atoms. The Hall–Kier alpha value is -2.61. The van der Waals surface area contributed by atoms with Crippen molar-refractivity contribution < 1.29 is 9.72 Å². The number of amides is 1. The molecule has 1 N–H and O–H groups in total. The molecular weight excluding hydrogens is 427 g/mol. The Bertz CT molecular complexity index is 1080. The Labute approximate surface area is 175 Å². The first-order chi connectivity index (χ1) is 13.2. The number of anilines is 1. The van der Waals surface area contributed by atoms with Crippen LogP contribution in [0.3, 0.4) is 0 Å². The van der Waals surface area contributed by atoms with Crippen LogP contribution in [-0.4, -0.2) is 20.6 Å². The summed E-state index contributed by atoms with van der Waals surface area (Å²) in [6, 6.07) is 9.21. The van der Waals surface area contributed by atoms with E-state index in [0.717, 1.165) is 5.56 Å². The number of benzene rings is 2. The predicted molar refractivity (Wildman–Crippen MR) is 109 cm³/mol. The summed E-state index contributed by atoms with van der Waals surface area (Å²) in [5, 5.41) is 19.0. The zero-order valence-electron chi connectivity index (χ0n) is 14.4. The zero-order chi connectivity index (χ0) is 20.4. The summed E-state index contributed by atoms with van der Waals surface area (Å²) in [6.45, 7) is 1.90. The van der Waals surface area contributed by atoms with E-state index in [-0.39, 0.29) is 22.1 Å². The van der Waals surface area contributed by atoms with Gasteiger partial charge in [0.2, 0.25) is 0 Å². The van der Waals surface area contributed by atoms with Crippen molar-refractivity contribution in [3.8, 4) is 0 Å². The van der Waals surface area contributed by atoms with Gasteiger partial charge in [-0.15, -0.1) is 0 Å². The lowest BCUT2D eigenvalue weighted by Gasteiger charge is -2.06. The van der Waals surface area contributed by atoms with Crippen LogP contribution in [0, 0.1) is 17.0 Å². The Morgan fingerprint density at radius 1 is 1.18 bits per heavy atom. The van der Waals surface area contributed by atoms with Gasteiger partial charge in [0.25, 0.3) is 11.6 Å². The number of halogens is 3. The normalized spacial score (nSPS) is 10.7. The van der Waals surface area contributed by atoms with E-state index in [1.807, 2.05) is 0 Å².